The summed E-state index contributed by atoms with van der Waals surface area (Å²) in [5, 5.41) is 9.03. The molecule has 1 aliphatic carbocycles. The Morgan fingerprint density at radius 3 is 2.12 bits per heavy atom. The van der Waals surface area contributed by atoms with Crippen LogP contribution in [0.15, 0.2) is 0 Å². The van der Waals surface area contributed by atoms with Gasteiger partial charge in [0.1, 0.15) is 0 Å². The van der Waals surface area contributed by atoms with Crippen LogP contribution >= 0.6 is 11.8 Å². The number of ether oxygens (including phenoxy) is 1. The second-order valence-corrected chi connectivity index (χ2v) is 9.29. The van der Waals surface area contributed by atoms with Crippen molar-refractivity contribution in [3.05, 3.63) is 0 Å². The van der Waals surface area contributed by atoms with E-state index >= 15 is 0 Å². The number of Topliss-reactive ketones (excluding diaryl/α,β-unsaturated/α-hetero) is 1. The quantitative estimate of drug-likeness (QED) is 0.426. The highest BCUT2D eigenvalue weighted by Gasteiger charge is 2.51. The van der Waals surface area contributed by atoms with E-state index in [4.69, 9.17) is 21.3 Å². The molecule has 1 saturated carbocycles. The molecule has 0 heterocycles. The summed E-state index contributed by atoms with van der Waals surface area (Å²) >= 11 is 1.46. The summed E-state index contributed by atoms with van der Waals surface area (Å²) in [4.78, 5) is 35.6. The standard InChI is InChI=1S/C17H30N2O5S/c1-15(2)6-7-16(3,4)13(15)25-9-17(19,14(23)24-5)12(22)10(18)8-11(20)21/h10,13H,6-9,18-19H2,1-5H3,(H,20,21)/t10-,17+/m0/s1. The molecule has 2 atom stereocenters. The minimum absolute atomic E-state index is 0.00333. The van der Waals surface area contributed by atoms with Crippen LogP contribution in [-0.4, -0.2) is 52.5 Å². The van der Waals surface area contributed by atoms with Gasteiger partial charge < -0.3 is 21.3 Å². The van der Waals surface area contributed by atoms with Crippen LogP contribution in [0, 0.1) is 10.8 Å². The molecule has 144 valence electrons. The van der Waals surface area contributed by atoms with Crippen LogP contribution in [0.25, 0.3) is 0 Å². The van der Waals surface area contributed by atoms with E-state index < -0.39 is 35.7 Å². The summed E-state index contributed by atoms with van der Waals surface area (Å²) in [6.07, 6.45) is 1.50. The maximum Gasteiger partial charge on any atom is 0.334 e. The average Bonchev–Trinajstić information content (AvgIpc) is 2.71. The number of aliphatic carboxylic acids is 1. The fraction of sp³-hybridized carbons (Fsp3) is 0.824. The number of carbonyl (C=O) groups is 3. The molecule has 0 spiro atoms. The lowest BCUT2D eigenvalue weighted by atomic mass is 9.84. The molecule has 0 aromatic rings. The number of methoxy groups -OCH3 is 1. The van der Waals surface area contributed by atoms with E-state index in [1.807, 2.05) is 0 Å². The Morgan fingerprint density at radius 2 is 1.72 bits per heavy atom. The zero-order valence-corrected chi connectivity index (χ0v) is 16.4. The minimum Gasteiger partial charge on any atom is -0.481 e. The molecule has 5 N–H and O–H groups in total. The van der Waals surface area contributed by atoms with E-state index in [2.05, 4.69) is 27.7 Å². The molecule has 0 aromatic carbocycles. The first-order valence-corrected chi connectivity index (χ1v) is 9.33. The van der Waals surface area contributed by atoms with Crippen molar-refractivity contribution in [1.82, 2.24) is 0 Å². The number of nitrogens with two attached hydrogens (primary N) is 2. The first kappa shape index (κ1) is 21.9. The van der Waals surface area contributed by atoms with Gasteiger partial charge in [0.05, 0.1) is 19.6 Å². The molecule has 0 unspecified atom stereocenters. The normalized spacial score (nSPS) is 22.8. The Kier molecular flexibility index (Phi) is 6.69. The van der Waals surface area contributed by atoms with Crippen molar-refractivity contribution >= 4 is 29.5 Å². The fourth-order valence-electron chi connectivity index (χ4n) is 3.65. The summed E-state index contributed by atoms with van der Waals surface area (Å²) in [7, 11) is 1.15. The number of carboxylic acid groups (broad SMARTS) is 1. The number of thioether (sulfide) groups is 1. The van der Waals surface area contributed by atoms with E-state index in [0.29, 0.717) is 0 Å². The van der Waals surface area contributed by atoms with Crippen LogP contribution < -0.4 is 11.5 Å². The van der Waals surface area contributed by atoms with Crippen molar-refractivity contribution in [2.45, 2.75) is 63.8 Å². The Morgan fingerprint density at radius 1 is 1.24 bits per heavy atom. The molecular weight excluding hydrogens is 344 g/mol. The zero-order valence-electron chi connectivity index (χ0n) is 15.6. The van der Waals surface area contributed by atoms with Gasteiger partial charge in [-0.1, -0.05) is 27.7 Å². The van der Waals surface area contributed by atoms with E-state index in [-0.39, 0.29) is 21.8 Å². The van der Waals surface area contributed by atoms with Crippen LogP contribution in [0.4, 0.5) is 0 Å². The number of esters is 1. The smallest absolute Gasteiger partial charge is 0.334 e. The summed E-state index contributed by atoms with van der Waals surface area (Å²) < 4.78 is 4.71. The predicted molar refractivity (Wildman–Crippen MR) is 97.2 cm³/mol. The molecule has 1 rings (SSSR count). The lowest BCUT2D eigenvalue weighted by Gasteiger charge is -2.37. The van der Waals surface area contributed by atoms with Gasteiger partial charge in [-0.05, 0) is 23.7 Å². The molecule has 1 aliphatic rings. The molecule has 0 bridgehead atoms. The largest absolute Gasteiger partial charge is 0.481 e. The van der Waals surface area contributed by atoms with Gasteiger partial charge in [0.15, 0.2) is 11.3 Å². The van der Waals surface area contributed by atoms with Crippen LogP contribution in [0.3, 0.4) is 0 Å². The fourth-order valence-corrected chi connectivity index (χ4v) is 5.48. The zero-order chi connectivity index (χ0) is 19.6. The topological polar surface area (TPSA) is 133 Å². The van der Waals surface area contributed by atoms with E-state index in [9.17, 15) is 14.4 Å². The number of carbonyl (C=O) groups excluding carboxylic acids is 2. The summed E-state index contributed by atoms with van der Waals surface area (Å²) in [6, 6.07) is -1.35. The van der Waals surface area contributed by atoms with Gasteiger partial charge in [0.2, 0.25) is 0 Å². The van der Waals surface area contributed by atoms with Gasteiger partial charge in [0, 0.05) is 11.0 Å². The van der Waals surface area contributed by atoms with Crippen LogP contribution in [0.5, 0.6) is 0 Å². The highest BCUT2D eigenvalue weighted by Crippen LogP contribution is 2.55. The number of hydrogen-bond donors (Lipinski definition) is 3. The van der Waals surface area contributed by atoms with Gasteiger partial charge in [0.25, 0.3) is 0 Å². The third kappa shape index (κ3) is 4.74. The van der Waals surface area contributed by atoms with Gasteiger partial charge >= 0.3 is 11.9 Å². The first-order valence-electron chi connectivity index (χ1n) is 8.28. The highest BCUT2D eigenvalue weighted by molar-refractivity contribution is 8.00. The van der Waals surface area contributed by atoms with E-state index in [1.54, 1.807) is 0 Å². The van der Waals surface area contributed by atoms with Crippen molar-refractivity contribution in [2.24, 2.45) is 22.3 Å². The Balaban J connectivity index is 3.02. The monoisotopic (exact) mass is 374 g/mol. The maximum atomic E-state index is 12.6. The van der Waals surface area contributed by atoms with Gasteiger partial charge in [-0.3, -0.25) is 9.59 Å². The minimum atomic E-state index is -1.96. The van der Waals surface area contributed by atoms with E-state index in [0.717, 1.165) is 20.0 Å². The highest BCUT2D eigenvalue weighted by atomic mass is 32.2. The third-order valence-electron chi connectivity index (χ3n) is 5.03. The van der Waals surface area contributed by atoms with Crippen molar-refractivity contribution in [3.8, 4) is 0 Å². The van der Waals surface area contributed by atoms with Gasteiger partial charge in [-0.25, -0.2) is 4.79 Å². The lowest BCUT2D eigenvalue weighted by Crippen LogP contribution is -2.63. The van der Waals surface area contributed by atoms with Crippen LogP contribution in [-0.2, 0) is 19.1 Å². The number of carboxylic acids is 1. The number of ketones is 1. The van der Waals surface area contributed by atoms with E-state index in [1.165, 1.54) is 11.8 Å². The summed E-state index contributed by atoms with van der Waals surface area (Å²) in [6.45, 7) is 8.64. The summed E-state index contributed by atoms with van der Waals surface area (Å²) in [5.41, 5.74) is 9.89. The van der Waals surface area contributed by atoms with Crippen molar-refractivity contribution in [1.29, 1.82) is 0 Å². The second-order valence-electron chi connectivity index (χ2n) is 8.20. The lowest BCUT2D eigenvalue weighted by molar-refractivity contribution is -0.151. The maximum absolute atomic E-state index is 12.6. The molecule has 0 saturated heterocycles. The van der Waals surface area contributed by atoms with Gasteiger partial charge in [-0.15, -0.1) is 0 Å². The Hall–Kier alpha value is -1.12. The molecule has 0 aromatic heterocycles. The average molecular weight is 375 g/mol. The Labute approximate surface area is 153 Å². The van der Waals surface area contributed by atoms with Crippen molar-refractivity contribution in [2.75, 3.05) is 12.9 Å². The Bertz CT molecular complexity index is 533. The molecule has 25 heavy (non-hydrogen) atoms. The molecule has 0 aliphatic heterocycles. The molecule has 1 fully saturated rings. The van der Waals surface area contributed by atoms with Crippen molar-refractivity contribution in [3.63, 3.8) is 0 Å². The van der Waals surface area contributed by atoms with Crippen molar-refractivity contribution < 1.29 is 24.2 Å². The second kappa shape index (κ2) is 7.63. The van der Waals surface area contributed by atoms with Crippen LogP contribution in [0.1, 0.15) is 47.0 Å². The summed E-state index contributed by atoms with van der Waals surface area (Å²) in [5.74, 6) is -2.91. The first-order chi connectivity index (χ1) is 11.3. The number of hydrogen-bond acceptors (Lipinski definition) is 7. The van der Waals surface area contributed by atoms with Crippen LogP contribution in [0.2, 0.25) is 0 Å². The molecule has 8 heteroatoms. The molecule has 0 amide bonds. The number of rotatable bonds is 8. The predicted octanol–water partition coefficient (Wildman–Crippen LogP) is 1.18. The molecular formula is C17H30N2O5S. The van der Waals surface area contributed by atoms with Gasteiger partial charge in [-0.2, -0.15) is 11.8 Å². The molecule has 0 radical (unpaired) electrons. The SMILES string of the molecule is COC(=O)[C@@](N)(CSC1C(C)(C)CCC1(C)C)C(=O)[C@@H](N)CC(=O)O. The third-order valence-corrected chi connectivity index (χ3v) is 7.26. The molecule has 7 nitrogen and oxygen atoms in total.